The Morgan fingerprint density at radius 3 is 1.74 bits per heavy atom. The number of carbonyl (C=O) groups is 2. The first-order chi connectivity index (χ1) is 17.8. The van der Waals surface area contributed by atoms with E-state index in [-0.39, 0.29) is 35.6 Å². The Labute approximate surface area is 226 Å². The molecule has 0 amide bonds. The van der Waals surface area contributed by atoms with Gasteiger partial charge in [0.1, 0.15) is 24.5 Å². The molecule has 216 valence electrons. The number of hydrogen-bond acceptors (Lipinski definition) is 10. The second-order valence-electron chi connectivity index (χ2n) is 10.6. The zero-order valence-corrected chi connectivity index (χ0v) is 24.8. The molecule has 0 aliphatic rings. The van der Waals surface area contributed by atoms with Crippen molar-refractivity contribution < 1.29 is 28.5 Å². The zero-order valence-electron chi connectivity index (χ0n) is 24.8. The average molecular weight is 539 g/mol. The van der Waals surface area contributed by atoms with Crippen molar-refractivity contribution in [2.75, 3.05) is 40.6 Å². The molecule has 2 rings (SSSR count). The van der Waals surface area contributed by atoms with Crippen molar-refractivity contribution >= 4 is 11.9 Å². The van der Waals surface area contributed by atoms with Crippen LogP contribution in [-0.2, 0) is 65.3 Å². The summed E-state index contributed by atoms with van der Waals surface area (Å²) in [6.07, 6.45) is 0.248. The fraction of sp³-hybridized carbons (Fsp3) is 0.769. The minimum Gasteiger partial charge on any atom is -0.466 e. The van der Waals surface area contributed by atoms with Crippen LogP contribution < -0.4 is 0 Å². The molecule has 0 atom stereocenters. The summed E-state index contributed by atoms with van der Waals surface area (Å²) in [5, 5.41) is 8.81. The predicted octanol–water partition coefficient (Wildman–Crippen LogP) is 2.66. The number of ether oxygens (including phenoxy) is 4. The standard InChI is InChI=1S/2C13H23N3O3/c1-6-19-11(17)9-10-14-12(13(2,3)4)15-16(10)7-8-18-5;1-6-19-11(17)9-10-14-12(13(2,3)4)16(15-10)7-8-18-5/h2*6-9H2,1-5H3. The minimum atomic E-state index is -0.299. The van der Waals surface area contributed by atoms with Crippen molar-refractivity contribution in [3.63, 3.8) is 0 Å². The highest BCUT2D eigenvalue weighted by molar-refractivity contribution is 5.71. The highest BCUT2D eigenvalue weighted by atomic mass is 16.5. The van der Waals surface area contributed by atoms with Gasteiger partial charge in [-0.1, -0.05) is 41.5 Å². The number of carbonyl (C=O) groups excluding carboxylic acids is 2. The normalized spacial score (nSPS) is 11.6. The molecule has 0 saturated heterocycles. The third-order valence-electron chi connectivity index (χ3n) is 5.04. The molecule has 2 aromatic rings. The Hall–Kier alpha value is -2.86. The molecule has 38 heavy (non-hydrogen) atoms. The molecule has 0 fully saturated rings. The highest BCUT2D eigenvalue weighted by Gasteiger charge is 2.24. The van der Waals surface area contributed by atoms with Crippen LogP contribution in [0, 0.1) is 0 Å². The maximum Gasteiger partial charge on any atom is 0.313 e. The number of aromatic nitrogens is 6. The Kier molecular flexibility index (Phi) is 13.6. The lowest BCUT2D eigenvalue weighted by Crippen LogP contribution is -2.21. The van der Waals surface area contributed by atoms with E-state index in [0.717, 1.165) is 11.6 Å². The van der Waals surface area contributed by atoms with E-state index in [1.54, 1.807) is 37.4 Å². The number of rotatable bonds is 12. The van der Waals surface area contributed by atoms with E-state index in [4.69, 9.17) is 18.9 Å². The molecule has 0 bridgehead atoms. The van der Waals surface area contributed by atoms with E-state index < -0.39 is 0 Å². The van der Waals surface area contributed by atoms with Gasteiger partial charge in [0.15, 0.2) is 11.6 Å². The molecule has 0 aliphatic carbocycles. The summed E-state index contributed by atoms with van der Waals surface area (Å²) < 4.78 is 23.5. The van der Waals surface area contributed by atoms with E-state index in [1.165, 1.54) is 0 Å². The van der Waals surface area contributed by atoms with Crippen LogP contribution in [-0.4, -0.2) is 82.1 Å². The number of methoxy groups -OCH3 is 2. The molecule has 0 N–H and O–H groups in total. The Morgan fingerprint density at radius 1 is 0.737 bits per heavy atom. The Balaban J connectivity index is 0.000000380. The molecular formula is C26H46N6O6. The van der Waals surface area contributed by atoms with Gasteiger partial charge in [-0.15, -0.1) is 0 Å². The third-order valence-corrected chi connectivity index (χ3v) is 5.04. The molecule has 12 heteroatoms. The first-order valence-corrected chi connectivity index (χ1v) is 12.9. The van der Waals surface area contributed by atoms with Crippen LogP contribution in [0.25, 0.3) is 0 Å². The SMILES string of the molecule is CCOC(=O)Cc1nc(C(C)(C)C)n(CCOC)n1.CCOC(=O)Cc1nc(C(C)(C)C)nn1CCOC. The summed E-state index contributed by atoms with van der Waals surface area (Å²) in [5.74, 6) is 2.12. The second kappa shape index (κ2) is 15.5. The first kappa shape index (κ1) is 33.2. The fourth-order valence-corrected chi connectivity index (χ4v) is 3.21. The van der Waals surface area contributed by atoms with Crippen molar-refractivity contribution in [2.24, 2.45) is 0 Å². The van der Waals surface area contributed by atoms with Crippen LogP contribution in [0.5, 0.6) is 0 Å². The van der Waals surface area contributed by atoms with Crippen LogP contribution in [0.3, 0.4) is 0 Å². The summed E-state index contributed by atoms with van der Waals surface area (Å²) in [7, 11) is 3.28. The first-order valence-electron chi connectivity index (χ1n) is 12.9. The smallest absolute Gasteiger partial charge is 0.313 e. The van der Waals surface area contributed by atoms with Crippen molar-refractivity contribution in [3.05, 3.63) is 23.3 Å². The van der Waals surface area contributed by atoms with E-state index in [1.807, 2.05) is 20.8 Å². The van der Waals surface area contributed by atoms with Gasteiger partial charge in [-0.25, -0.2) is 19.3 Å². The lowest BCUT2D eigenvalue weighted by atomic mass is 9.96. The lowest BCUT2D eigenvalue weighted by molar-refractivity contribution is -0.143. The zero-order chi connectivity index (χ0) is 28.9. The van der Waals surface area contributed by atoms with Crippen molar-refractivity contribution in [2.45, 2.75) is 92.2 Å². The average Bonchev–Trinajstić information content (AvgIpc) is 3.41. The Bertz CT molecular complexity index is 1000. The van der Waals surface area contributed by atoms with Crippen LogP contribution in [0.4, 0.5) is 0 Å². The number of hydrogen-bond donors (Lipinski definition) is 0. The van der Waals surface area contributed by atoms with E-state index in [0.29, 0.717) is 51.2 Å². The molecule has 0 spiro atoms. The third kappa shape index (κ3) is 11.3. The predicted molar refractivity (Wildman–Crippen MR) is 142 cm³/mol. The molecule has 0 radical (unpaired) electrons. The van der Waals surface area contributed by atoms with Crippen LogP contribution in [0.1, 0.15) is 78.7 Å². The summed E-state index contributed by atoms with van der Waals surface area (Å²) >= 11 is 0. The maximum atomic E-state index is 11.6. The summed E-state index contributed by atoms with van der Waals surface area (Å²) in [5.41, 5.74) is -0.282. The fourth-order valence-electron chi connectivity index (χ4n) is 3.21. The molecule has 0 aromatic carbocycles. The van der Waals surface area contributed by atoms with E-state index in [2.05, 4.69) is 40.9 Å². The summed E-state index contributed by atoms with van der Waals surface area (Å²) in [4.78, 5) is 31.9. The topological polar surface area (TPSA) is 132 Å². The monoisotopic (exact) mass is 538 g/mol. The van der Waals surface area contributed by atoms with Gasteiger partial charge in [0.25, 0.3) is 0 Å². The molecule has 2 heterocycles. The van der Waals surface area contributed by atoms with E-state index in [9.17, 15) is 9.59 Å². The lowest BCUT2D eigenvalue weighted by Gasteiger charge is -2.17. The Morgan fingerprint density at radius 2 is 1.26 bits per heavy atom. The molecule has 0 unspecified atom stereocenters. The molecule has 0 saturated carbocycles. The van der Waals surface area contributed by atoms with Gasteiger partial charge in [0.2, 0.25) is 0 Å². The van der Waals surface area contributed by atoms with Crippen molar-refractivity contribution in [3.8, 4) is 0 Å². The quantitative estimate of drug-likeness (QED) is 0.371. The van der Waals surface area contributed by atoms with Crippen LogP contribution >= 0.6 is 0 Å². The van der Waals surface area contributed by atoms with E-state index >= 15 is 0 Å². The highest BCUT2D eigenvalue weighted by Crippen LogP contribution is 2.21. The largest absolute Gasteiger partial charge is 0.466 e. The molecular weight excluding hydrogens is 492 g/mol. The maximum absolute atomic E-state index is 11.6. The second-order valence-corrected chi connectivity index (χ2v) is 10.6. The van der Waals surface area contributed by atoms with Gasteiger partial charge in [-0.2, -0.15) is 10.2 Å². The van der Waals surface area contributed by atoms with Crippen LogP contribution in [0.15, 0.2) is 0 Å². The van der Waals surface area contributed by atoms with Gasteiger partial charge >= 0.3 is 11.9 Å². The van der Waals surface area contributed by atoms with Gasteiger partial charge in [0, 0.05) is 25.0 Å². The molecule has 0 aliphatic heterocycles. The minimum absolute atomic E-state index is 0.108. The van der Waals surface area contributed by atoms with Gasteiger partial charge in [0.05, 0.1) is 39.5 Å². The van der Waals surface area contributed by atoms with Crippen molar-refractivity contribution in [1.82, 2.24) is 29.5 Å². The van der Waals surface area contributed by atoms with Gasteiger partial charge in [-0.3, -0.25) is 9.59 Å². The molecule has 12 nitrogen and oxygen atoms in total. The summed E-state index contributed by atoms with van der Waals surface area (Å²) in [6, 6.07) is 0. The van der Waals surface area contributed by atoms with Crippen LogP contribution in [0.2, 0.25) is 0 Å². The number of esters is 2. The van der Waals surface area contributed by atoms with Gasteiger partial charge < -0.3 is 18.9 Å². The number of nitrogens with zero attached hydrogens (tertiary/aromatic N) is 6. The van der Waals surface area contributed by atoms with Gasteiger partial charge in [-0.05, 0) is 13.8 Å². The van der Waals surface area contributed by atoms with Crippen molar-refractivity contribution in [1.29, 1.82) is 0 Å². The molecule has 2 aromatic heterocycles. The summed E-state index contributed by atoms with van der Waals surface area (Å²) in [6.45, 7) is 18.9.